The zero-order valence-corrected chi connectivity index (χ0v) is 11.8. The van der Waals surface area contributed by atoms with Gasteiger partial charge in [-0.2, -0.15) is 0 Å². The molecular weight excluding hydrogens is 252 g/mol. The summed E-state index contributed by atoms with van der Waals surface area (Å²) in [6.07, 6.45) is 2.12. The Labute approximate surface area is 113 Å². The van der Waals surface area contributed by atoms with Crippen LogP contribution in [-0.4, -0.2) is 40.4 Å². The standard InChI is InChI=1S/C12H19ClN4O/c1-4-9-11(13)15-8-16-12(9)14-7-10(18)17(5-2)6-3/h8H,4-7H2,1-3H3,(H,14,15,16). The number of hydrogen-bond donors (Lipinski definition) is 1. The second-order valence-electron chi connectivity index (χ2n) is 3.76. The highest BCUT2D eigenvalue weighted by atomic mass is 35.5. The number of carbonyl (C=O) groups is 1. The number of carbonyl (C=O) groups excluding carboxylic acids is 1. The Morgan fingerprint density at radius 3 is 2.56 bits per heavy atom. The van der Waals surface area contributed by atoms with E-state index in [1.165, 1.54) is 6.33 Å². The average Bonchev–Trinajstić information content (AvgIpc) is 2.37. The van der Waals surface area contributed by atoms with Crippen LogP contribution in [0.4, 0.5) is 5.82 Å². The molecule has 1 rings (SSSR count). The Balaban J connectivity index is 2.69. The quantitative estimate of drug-likeness (QED) is 0.803. The van der Waals surface area contributed by atoms with Crippen molar-refractivity contribution >= 4 is 23.3 Å². The molecule has 0 unspecified atom stereocenters. The number of halogens is 1. The normalized spacial score (nSPS) is 10.2. The first-order valence-electron chi connectivity index (χ1n) is 6.14. The molecule has 0 aliphatic carbocycles. The molecule has 0 bridgehead atoms. The maximum Gasteiger partial charge on any atom is 0.241 e. The van der Waals surface area contributed by atoms with E-state index in [0.29, 0.717) is 24.1 Å². The van der Waals surface area contributed by atoms with E-state index in [9.17, 15) is 4.79 Å². The molecule has 0 aromatic carbocycles. The molecule has 0 aliphatic rings. The third kappa shape index (κ3) is 3.57. The topological polar surface area (TPSA) is 58.1 Å². The SMILES string of the molecule is CCc1c(Cl)ncnc1NCC(=O)N(CC)CC. The number of aromatic nitrogens is 2. The van der Waals surface area contributed by atoms with Gasteiger partial charge in [0.15, 0.2) is 0 Å². The zero-order valence-electron chi connectivity index (χ0n) is 11.0. The summed E-state index contributed by atoms with van der Waals surface area (Å²) < 4.78 is 0. The number of nitrogens with zero attached hydrogens (tertiary/aromatic N) is 3. The lowest BCUT2D eigenvalue weighted by atomic mass is 10.2. The van der Waals surface area contributed by atoms with Gasteiger partial charge >= 0.3 is 0 Å². The lowest BCUT2D eigenvalue weighted by Gasteiger charge is -2.19. The Morgan fingerprint density at radius 1 is 1.33 bits per heavy atom. The zero-order chi connectivity index (χ0) is 13.5. The minimum Gasteiger partial charge on any atom is -0.361 e. The van der Waals surface area contributed by atoms with Crippen molar-refractivity contribution in [2.75, 3.05) is 25.0 Å². The average molecular weight is 271 g/mol. The van der Waals surface area contributed by atoms with Crippen molar-refractivity contribution in [3.8, 4) is 0 Å². The lowest BCUT2D eigenvalue weighted by molar-refractivity contribution is -0.128. The van der Waals surface area contributed by atoms with Crippen molar-refractivity contribution in [1.82, 2.24) is 14.9 Å². The lowest BCUT2D eigenvalue weighted by Crippen LogP contribution is -2.35. The van der Waals surface area contributed by atoms with Gasteiger partial charge in [-0.1, -0.05) is 18.5 Å². The summed E-state index contributed by atoms with van der Waals surface area (Å²) in [5.74, 6) is 0.690. The van der Waals surface area contributed by atoms with Gasteiger partial charge in [0, 0.05) is 18.7 Å². The van der Waals surface area contributed by atoms with Gasteiger partial charge in [0.2, 0.25) is 5.91 Å². The van der Waals surface area contributed by atoms with Gasteiger partial charge in [0.05, 0.1) is 6.54 Å². The molecule has 0 saturated heterocycles. The fourth-order valence-electron chi connectivity index (χ4n) is 1.70. The first kappa shape index (κ1) is 14.7. The van der Waals surface area contributed by atoms with Crippen LogP contribution in [0.5, 0.6) is 0 Å². The van der Waals surface area contributed by atoms with E-state index < -0.39 is 0 Å². The van der Waals surface area contributed by atoms with Gasteiger partial charge < -0.3 is 10.2 Å². The molecule has 1 aromatic rings. The van der Waals surface area contributed by atoms with Gasteiger partial charge in [-0.05, 0) is 20.3 Å². The number of amides is 1. The molecule has 18 heavy (non-hydrogen) atoms. The van der Waals surface area contributed by atoms with Crippen molar-refractivity contribution < 1.29 is 4.79 Å². The summed E-state index contributed by atoms with van der Waals surface area (Å²) in [4.78, 5) is 21.7. The van der Waals surface area contributed by atoms with Crippen molar-refractivity contribution in [3.63, 3.8) is 0 Å². The molecule has 5 nitrogen and oxygen atoms in total. The van der Waals surface area contributed by atoms with Crippen LogP contribution in [0.25, 0.3) is 0 Å². The highest BCUT2D eigenvalue weighted by molar-refractivity contribution is 6.30. The number of likely N-dealkylation sites (N-methyl/N-ethyl adjacent to an activating group) is 1. The van der Waals surface area contributed by atoms with Crippen molar-refractivity contribution in [2.45, 2.75) is 27.2 Å². The minimum absolute atomic E-state index is 0.0526. The van der Waals surface area contributed by atoms with E-state index in [4.69, 9.17) is 11.6 Å². The summed E-state index contributed by atoms with van der Waals surface area (Å²) in [5, 5.41) is 3.46. The van der Waals surface area contributed by atoms with Gasteiger partial charge in [-0.3, -0.25) is 4.79 Å². The summed E-state index contributed by atoms with van der Waals surface area (Å²) >= 11 is 5.98. The Bertz CT molecular complexity index is 407. The van der Waals surface area contributed by atoms with E-state index in [1.54, 1.807) is 4.90 Å². The van der Waals surface area contributed by atoms with Crippen LogP contribution in [0, 0.1) is 0 Å². The third-order valence-corrected chi connectivity index (χ3v) is 3.10. The summed E-state index contributed by atoms with van der Waals surface area (Å²) in [5.41, 5.74) is 0.839. The number of hydrogen-bond acceptors (Lipinski definition) is 4. The van der Waals surface area contributed by atoms with Gasteiger partial charge in [0.1, 0.15) is 17.3 Å². The van der Waals surface area contributed by atoms with Crippen LogP contribution in [0.15, 0.2) is 6.33 Å². The predicted octanol–water partition coefficient (Wildman–Crippen LogP) is 1.97. The molecule has 1 N–H and O–H groups in total. The molecule has 100 valence electrons. The Hall–Kier alpha value is -1.36. The second-order valence-corrected chi connectivity index (χ2v) is 4.12. The van der Waals surface area contributed by atoms with Crippen LogP contribution in [0.2, 0.25) is 5.15 Å². The van der Waals surface area contributed by atoms with E-state index in [0.717, 1.165) is 12.0 Å². The molecule has 0 fully saturated rings. The van der Waals surface area contributed by atoms with Crippen LogP contribution in [-0.2, 0) is 11.2 Å². The predicted molar refractivity (Wildman–Crippen MR) is 72.8 cm³/mol. The number of nitrogens with one attached hydrogen (secondary N) is 1. The van der Waals surface area contributed by atoms with E-state index in [2.05, 4.69) is 15.3 Å². The maximum absolute atomic E-state index is 11.9. The first-order chi connectivity index (χ1) is 8.63. The highest BCUT2D eigenvalue weighted by Crippen LogP contribution is 2.19. The van der Waals surface area contributed by atoms with E-state index in [-0.39, 0.29) is 12.5 Å². The molecule has 0 atom stereocenters. The summed E-state index contributed by atoms with van der Waals surface area (Å²) in [6, 6.07) is 0. The Morgan fingerprint density at radius 2 is 2.00 bits per heavy atom. The molecule has 6 heteroatoms. The van der Waals surface area contributed by atoms with Gasteiger partial charge in [0.25, 0.3) is 0 Å². The van der Waals surface area contributed by atoms with Crippen molar-refractivity contribution in [3.05, 3.63) is 17.0 Å². The maximum atomic E-state index is 11.9. The van der Waals surface area contributed by atoms with Crippen LogP contribution < -0.4 is 5.32 Å². The fraction of sp³-hybridized carbons (Fsp3) is 0.583. The van der Waals surface area contributed by atoms with Crippen molar-refractivity contribution in [1.29, 1.82) is 0 Å². The number of anilines is 1. The fourth-order valence-corrected chi connectivity index (χ4v) is 1.97. The third-order valence-electron chi connectivity index (χ3n) is 2.77. The Kier molecular flexibility index (Phi) is 5.85. The van der Waals surface area contributed by atoms with Crippen LogP contribution in [0.3, 0.4) is 0 Å². The highest BCUT2D eigenvalue weighted by Gasteiger charge is 2.12. The minimum atomic E-state index is 0.0526. The first-order valence-corrected chi connectivity index (χ1v) is 6.52. The molecule has 0 aliphatic heterocycles. The smallest absolute Gasteiger partial charge is 0.241 e. The monoisotopic (exact) mass is 270 g/mol. The van der Waals surface area contributed by atoms with E-state index >= 15 is 0 Å². The summed E-state index contributed by atoms with van der Waals surface area (Å²) in [7, 11) is 0. The van der Waals surface area contributed by atoms with Gasteiger partial charge in [-0.15, -0.1) is 0 Å². The van der Waals surface area contributed by atoms with Crippen molar-refractivity contribution in [2.24, 2.45) is 0 Å². The molecule has 1 aromatic heterocycles. The molecule has 0 saturated carbocycles. The van der Waals surface area contributed by atoms with E-state index in [1.807, 2.05) is 20.8 Å². The van der Waals surface area contributed by atoms with Crippen LogP contribution >= 0.6 is 11.6 Å². The molecule has 1 amide bonds. The second kappa shape index (κ2) is 7.16. The number of rotatable bonds is 6. The molecule has 0 radical (unpaired) electrons. The van der Waals surface area contributed by atoms with Gasteiger partial charge in [-0.25, -0.2) is 9.97 Å². The largest absolute Gasteiger partial charge is 0.361 e. The summed E-state index contributed by atoms with van der Waals surface area (Å²) in [6.45, 7) is 7.54. The molecular formula is C12H19ClN4O. The molecule has 0 spiro atoms. The molecule has 1 heterocycles. The van der Waals surface area contributed by atoms with Crippen LogP contribution in [0.1, 0.15) is 26.3 Å².